The number of hydrogen-bond donors (Lipinski definition) is 2. The number of alkyl halides is 2. The van der Waals surface area contributed by atoms with Gasteiger partial charge in [-0.15, -0.1) is 0 Å². The molecular formula is C11H13ClF2N2OS. The van der Waals surface area contributed by atoms with Crippen molar-refractivity contribution in [1.29, 1.82) is 0 Å². The third-order valence-corrected chi connectivity index (χ3v) is 2.34. The van der Waals surface area contributed by atoms with Crippen molar-refractivity contribution in [3.05, 3.63) is 23.2 Å². The number of anilines is 1. The van der Waals surface area contributed by atoms with Crippen LogP contribution in [0.4, 0.5) is 14.5 Å². The number of nitrogens with one attached hydrogen (secondary N) is 2. The van der Waals surface area contributed by atoms with Crippen LogP contribution in [0.1, 0.15) is 13.8 Å². The average molecular weight is 295 g/mol. The first-order chi connectivity index (χ1) is 8.38. The fraction of sp³-hybridized carbons (Fsp3) is 0.364. The summed E-state index contributed by atoms with van der Waals surface area (Å²) < 4.78 is 28.3. The Morgan fingerprint density at radius 3 is 2.56 bits per heavy atom. The van der Waals surface area contributed by atoms with E-state index in [4.69, 9.17) is 23.8 Å². The minimum Gasteiger partial charge on any atom is -0.433 e. The maximum Gasteiger partial charge on any atom is 0.387 e. The second kappa shape index (κ2) is 6.70. The summed E-state index contributed by atoms with van der Waals surface area (Å²) in [6.45, 7) is 0.992. The van der Waals surface area contributed by atoms with Gasteiger partial charge in [0.05, 0.1) is 5.02 Å². The molecule has 0 aliphatic heterocycles. The molecule has 0 saturated heterocycles. The van der Waals surface area contributed by atoms with Gasteiger partial charge < -0.3 is 15.4 Å². The number of thiocarbonyl (C=S) groups is 1. The molecule has 3 nitrogen and oxygen atoms in total. The molecule has 0 aromatic heterocycles. The Balaban J connectivity index is 2.69. The topological polar surface area (TPSA) is 33.3 Å². The van der Waals surface area contributed by atoms with Gasteiger partial charge in [0.1, 0.15) is 5.75 Å². The van der Waals surface area contributed by atoms with Gasteiger partial charge in [0.2, 0.25) is 0 Å². The second-order valence-electron chi connectivity index (χ2n) is 3.78. The van der Waals surface area contributed by atoms with Gasteiger partial charge in [-0.2, -0.15) is 8.78 Å². The predicted molar refractivity (Wildman–Crippen MR) is 72.6 cm³/mol. The third-order valence-electron chi connectivity index (χ3n) is 1.83. The van der Waals surface area contributed by atoms with Gasteiger partial charge >= 0.3 is 6.61 Å². The zero-order valence-electron chi connectivity index (χ0n) is 9.84. The lowest BCUT2D eigenvalue weighted by atomic mass is 10.3. The third kappa shape index (κ3) is 5.01. The quantitative estimate of drug-likeness (QED) is 0.831. The SMILES string of the molecule is CC(C)NC(=S)Nc1ccc(OC(F)F)c(Cl)c1. The van der Waals surface area contributed by atoms with E-state index in [9.17, 15) is 8.78 Å². The lowest BCUT2D eigenvalue weighted by Crippen LogP contribution is -2.33. The molecule has 0 atom stereocenters. The van der Waals surface area contributed by atoms with Crippen LogP contribution < -0.4 is 15.4 Å². The van der Waals surface area contributed by atoms with Gasteiger partial charge in [-0.1, -0.05) is 11.6 Å². The van der Waals surface area contributed by atoms with Gasteiger partial charge in [0.15, 0.2) is 5.11 Å². The Hall–Kier alpha value is -1.14. The van der Waals surface area contributed by atoms with Crippen molar-refractivity contribution in [2.45, 2.75) is 26.5 Å². The van der Waals surface area contributed by atoms with E-state index in [-0.39, 0.29) is 16.8 Å². The molecule has 0 amide bonds. The molecule has 0 radical (unpaired) electrons. The average Bonchev–Trinajstić information content (AvgIpc) is 2.20. The van der Waals surface area contributed by atoms with E-state index in [2.05, 4.69) is 15.4 Å². The molecule has 100 valence electrons. The molecule has 1 aromatic carbocycles. The van der Waals surface area contributed by atoms with Crippen LogP contribution in [0.15, 0.2) is 18.2 Å². The molecule has 18 heavy (non-hydrogen) atoms. The highest BCUT2D eigenvalue weighted by molar-refractivity contribution is 7.80. The zero-order chi connectivity index (χ0) is 13.7. The minimum absolute atomic E-state index is 0.0695. The molecule has 1 rings (SSSR count). The Kier molecular flexibility index (Phi) is 5.55. The van der Waals surface area contributed by atoms with E-state index in [0.29, 0.717) is 10.8 Å². The highest BCUT2D eigenvalue weighted by Crippen LogP contribution is 2.28. The number of ether oxygens (including phenoxy) is 1. The molecule has 0 unspecified atom stereocenters. The largest absolute Gasteiger partial charge is 0.433 e. The molecule has 0 aliphatic rings. The summed E-state index contributed by atoms with van der Waals surface area (Å²) in [5, 5.41) is 6.40. The van der Waals surface area contributed by atoms with E-state index in [1.807, 2.05) is 13.8 Å². The van der Waals surface area contributed by atoms with E-state index in [1.165, 1.54) is 12.1 Å². The second-order valence-corrected chi connectivity index (χ2v) is 4.59. The van der Waals surface area contributed by atoms with Crippen LogP contribution in [0.3, 0.4) is 0 Å². The number of benzene rings is 1. The van der Waals surface area contributed by atoms with Crippen LogP contribution in [0.5, 0.6) is 5.75 Å². The van der Waals surface area contributed by atoms with Crippen LogP contribution in [-0.2, 0) is 0 Å². The summed E-state index contributed by atoms with van der Waals surface area (Å²) in [6, 6.07) is 4.57. The van der Waals surface area contributed by atoms with Crippen molar-refractivity contribution in [2.24, 2.45) is 0 Å². The van der Waals surface area contributed by atoms with E-state index in [0.717, 1.165) is 0 Å². The molecule has 1 aromatic rings. The molecule has 0 spiro atoms. The zero-order valence-corrected chi connectivity index (χ0v) is 11.4. The standard InChI is InChI=1S/C11H13ClF2N2OS/c1-6(2)15-11(18)16-7-3-4-9(8(12)5-7)17-10(13)14/h3-6,10H,1-2H3,(H2,15,16,18). The Morgan fingerprint density at radius 1 is 1.39 bits per heavy atom. The number of rotatable bonds is 4. The monoisotopic (exact) mass is 294 g/mol. The van der Waals surface area contributed by atoms with Crippen molar-refractivity contribution < 1.29 is 13.5 Å². The van der Waals surface area contributed by atoms with Crippen LogP contribution in [0.2, 0.25) is 5.02 Å². The first-order valence-electron chi connectivity index (χ1n) is 5.20. The summed E-state index contributed by atoms with van der Waals surface area (Å²) in [5.74, 6) is -0.0695. The normalized spacial score (nSPS) is 10.6. The van der Waals surface area contributed by atoms with Gasteiger partial charge in [-0.05, 0) is 44.3 Å². The van der Waals surface area contributed by atoms with Crippen molar-refractivity contribution in [3.8, 4) is 5.75 Å². The minimum atomic E-state index is -2.90. The van der Waals surface area contributed by atoms with Crippen LogP contribution in [0, 0.1) is 0 Å². The predicted octanol–water partition coefficient (Wildman–Crippen LogP) is 3.64. The fourth-order valence-electron chi connectivity index (χ4n) is 1.20. The molecule has 0 fully saturated rings. The van der Waals surface area contributed by atoms with Gasteiger partial charge in [-0.3, -0.25) is 0 Å². The van der Waals surface area contributed by atoms with Gasteiger partial charge in [0, 0.05) is 11.7 Å². The van der Waals surface area contributed by atoms with E-state index < -0.39 is 6.61 Å². The molecule has 2 N–H and O–H groups in total. The summed E-state index contributed by atoms with van der Waals surface area (Å²) in [6.07, 6.45) is 0. The Morgan fingerprint density at radius 2 is 2.06 bits per heavy atom. The maximum atomic E-state index is 12.0. The Bertz CT molecular complexity index is 430. The van der Waals surface area contributed by atoms with E-state index in [1.54, 1.807) is 6.07 Å². The van der Waals surface area contributed by atoms with Gasteiger partial charge in [0.25, 0.3) is 0 Å². The molecule has 0 saturated carbocycles. The molecular weight excluding hydrogens is 282 g/mol. The lowest BCUT2D eigenvalue weighted by molar-refractivity contribution is -0.0497. The molecule has 0 heterocycles. The highest BCUT2D eigenvalue weighted by Gasteiger charge is 2.09. The maximum absolute atomic E-state index is 12.0. The van der Waals surface area contributed by atoms with Crippen molar-refractivity contribution in [3.63, 3.8) is 0 Å². The summed E-state index contributed by atoms with van der Waals surface area (Å²) in [5.41, 5.74) is 0.597. The number of halogens is 3. The van der Waals surface area contributed by atoms with Crippen LogP contribution >= 0.6 is 23.8 Å². The fourth-order valence-corrected chi connectivity index (χ4v) is 1.78. The molecule has 0 aliphatic carbocycles. The van der Waals surface area contributed by atoms with Crippen molar-refractivity contribution >= 4 is 34.6 Å². The van der Waals surface area contributed by atoms with Gasteiger partial charge in [-0.25, -0.2) is 0 Å². The Labute approximate surface area is 114 Å². The summed E-state index contributed by atoms with van der Waals surface area (Å²) in [4.78, 5) is 0. The highest BCUT2D eigenvalue weighted by atomic mass is 35.5. The number of hydrogen-bond acceptors (Lipinski definition) is 2. The van der Waals surface area contributed by atoms with Crippen molar-refractivity contribution in [1.82, 2.24) is 5.32 Å². The first kappa shape index (κ1) is 14.9. The summed E-state index contributed by atoms with van der Waals surface area (Å²) in [7, 11) is 0. The van der Waals surface area contributed by atoms with Crippen LogP contribution in [0.25, 0.3) is 0 Å². The van der Waals surface area contributed by atoms with Crippen LogP contribution in [-0.4, -0.2) is 17.8 Å². The summed E-state index contributed by atoms with van der Waals surface area (Å²) >= 11 is 10.8. The smallest absolute Gasteiger partial charge is 0.387 e. The van der Waals surface area contributed by atoms with Crippen molar-refractivity contribution in [2.75, 3.05) is 5.32 Å². The first-order valence-corrected chi connectivity index (χ1v) is 5.99. The molecule has 0 bridgehead atoms. The lowest BCUT2D eigenvalue weighted by Gasteiger charge is -2.14. The van der Waals surface area contributed by atoms with E-state index >= 15 is 0 Å². The molecule has 7 heteroatoms.